The third kappa shape index (κ3) is 3.25. The SMILES string of the molecule is N#CNC1=NC(c2cc(I)cc([N+](=O)[O-])c2)c2c(nc(N)c(C#N)c2N)N1. The Morgan fingerprint density at radius 2 is 2.07 bits per heavy atom. The Morgan fingerprint density at radius 3 is 2.70 bits per heavy atom. The number of anilines is 3. The maximum Gasteiger partial charge on any atom is 0.270 e. The van der Waals surface area contributed by atoms with E-state index < -0.39 is 11.0 Å². The molecule has 2 aromatic rings. The number of nitrogens with one attached hydrogen (secondary N) is 2. The van der Waals surface area contributed by atoms with Crippen LogP contribution in [0.4, 0.5) is 23.0 Å². The van der Waals surface area contributed by atoms with Crippen molar-refractivity contribution in [3.8, 4) is 12.3 Å². The Labute approximate surface area is 166 Å². The standard InChI is InChI=1S/C15H10IN9O2/c16-7-1-6(2-8(3-7)25(26)27)12-10-11(19)9(4-17)13(20)23-14(10)24-15(22-12)21-5-18/h1-3,12H,(H6,19,20,21,22,23,24). The van der Waals surface area contributed by atoms with Gasteiger partial charge >= 0.3 is 0 Å². The van der Waals surface area contributed by atoms with Crippen molar-refractivity contribution in [1.29, 1.82) is 10.5 Å². The van der Waals surface area contributed by atoms with Crippen molar-refractivity contribution in [2.24, 2.45) is 4.99 Å². The van der Waals surface area contributed by atoms with Crippen LogP contribution in [0.15, 0.2) is 23.2 Å². The van der Waals surface area contributed by atoms with Gasteiger partial charge in [-0.2, -0.15) is 10.5 Å². The van der Waals surface area contributed by atoms with E-state index in [1.807, 2.05) is 28.7 Å². The molecular formula is C15H10IN9O2. The number of aromatic nitrogens is 1. The van der Waals surface area contributed by atoms with E-state index in [9.17, 15) is 15.4 Å². The van der Waals surface area contributed by atoms with Crippen molar-refractivity contribution in [1.82, 2.24) is 10.3 Å². The maximum absolute atomic E-state index is 11.2. The number of hydrogen-bond acceptors (Lipinski definition) is 10. The lowest BCUT2D eigenvalue weighted by molar-refractivity contribution is -0.385. The number of aliphatic imine (C=N–C) groups is 1. The first-order valence-corrected chi connectivity index (χ1v) is 8.37. The molecule has 1 aromatic carbocycles. The lowest BCUT2D eigenvalue weighted by Gasteiger charge is -2.26. The second-order valence-electron chi connectivity index (χ2n) is 5.40. The smallest absolute Gasteiger partial charge is 0.270 e. The first-order valence-electron chi connectivity index (χ1n) is 7.29. The zero-order valence-corrected chi connectivity index (χ0v) is 15.6. The van der Waals surface area contributed by atoms with Crippen molar-refractivity contribution in [2.45, 2.75) is 6.04 Å². The van der Waals surface area contributed by atoms with E-state index in [0.717, 1.165) is 0 Å². The van der Waals surface area contributed by atoms with E-state index in [2.05, 4.69) is 20.6 Å². The number of nitrogens with two attached hydrogens (primary N) is 2. The van der Waals surface area contributed by atoms with Crippen molar-refractivity contribution in [2.75, 3.05) is 16.8 Å². The van der Waals surface area contributed by atoms with Crippen LogP contribution in [-0.2, 0) is 0 Å². The van der Waals surface area contributed by atoms with Crippen LogP contribution in [0.1, 0.15) is 22.7 Å². The number of nitriles is 2. The van der Waals surface area contributed by atoms with Gasteiger partial charge in [0.2, 0.25) is 5.96 Å². The number of nitro benzene ring substituents is 1. The van der Waals surface area contributed by atoms with Gasteiger partial charge in [-0.3, -0.25) is 15.4 Å². The van der Waals surface area contributed by atoms with E-state index in [4.69, 9.17) is 16.7 Å². The van der Waals surface area contributed by atoms with Gasteiger partial charge in [-0.25, -0.2) is 9.98 Å². The molecule has 3 rings (SSSR count). The number of fused-ring (bicyclic) bond motifs is 1. The van der Waals surface area contributed by atoms with Crippen LogP contribution >= 0.6 is 22.6 Å². The molecule has 6 N–H and O–H groups in total. The average Bonchev–Trinajstić information content (AvgIpc) is 2.61. The van der Waals surface area contributed by atoms with Crippen molar-refractivity contribution < 1.29 is 4.92 Å². The summed E-state index contributed by atoms with van der Waals surface area (Å²) in [6.07, 6.45) is 1.74. The molecule has 0 spiro atoms. The number of hydrogen-bond donors (Lipinski definition) is 4. The number of guanidine groups is 1. The molecule has 1 atom stereocenters. The minimum Gasteiger partial charge on any atom is -0.397 e. The Kier molecular flexibility index (Phi) is 4.66. The summed E-state index contributed by atoms with van der Waals surface area (Å²) in [4.78, 5) is 19.2. The number of pyridine rings is 1. The zero-order valence-electron chi connectivity index (χ0n) is 13.4. The lowest BCUT2D eigenvalue weighted by atomic mass is 9.95. The number of nitrogens with zero attached hydrogens (tertiary/aromatic N) is 5. The summed E-state index contributed by atoms with van der Waals surface area (Å²) in [5.41, 5.74) is 12.6. The normalized spacial score (nSPS) is 14.8. The molecule has 0 saturated carbocycles. The molecule has 0 radical (unpaired) electrons. The van der Waals surface area contributed by atoms with Gasteiger partial charge in [0.1, 0.15) is 29.3 Å². The maximum atomic E-state index is 11.2. The number of non-ortho nitro benzene ring substituents is 1. The molecule has 12 heteroatoms. The fraction of sp³-hybridized carbons (Fsp3) is 0.0667. The molecule has 0 amide bonds. The second kappa shape index (κ2) is 6.93. The van der Waals surface area contributed by atoms with Crippen LogP contribution in [0, 0.1) is 36.5 Å². The molecule has 134 valence electrons. The molecule has 11 nitrogen and oxygen atoms in total. The highest BCUT2D eigenvalue weighted by atomic mass is 127. The van der Waals surface area contributed by atoms with Gasteiger partial charge in [0.25, 0.3) is 5.69 Å². The molecule has 0 bridgehead atoms. The van der Waals surface area contributed by atoms with Crippen molar-refractivity contribution in [3.05, 3.63) is 48.6 Å². The highest BCUT2D eigenvalue weighted by Gasteiger charge is 2.30. The van der Waals surface area contributed by atoms with Gasteiger partial charge in [-0.05, 0) is 34.2 Å². The van der Waals surface area contributed by atoms with Crippen LogP contribution < -0.4 is 22.1 Å². The topological polar surface area (TPSA) is 192 Å². The summed E-state index contributed by atoms with van der Waals surface area (Å²) >= 11 is 1.95. The Bertz CT molecular complexity index is 1080. The fourth-order valence-corrected chi connectivity index (χ4v) is 3.36. The van der Waals surface area contributed by atoms with E-state index in [-0.39, 0.29) is 34.5 Å². The summed E-state index contributed by atoms with van der Waals surface area (Å²) in [7, 11) is 0. The molecule has 1 aliphatic rings. The van der Waals surface area contributed by atoms with Gasteiger partial charge < -0.3 is 16.8 Å². The molecule has 1 aliphatic heterocycles. The first kappa shape index (κ1) is 18.2. The summed E-state index contributed by atoms with van der Waals surface area (Å²) in [5, 5.41) is 34.6. The molecule has 2 heterocycles. The third-order valence-corrected chi connectivity index (χ3v) is 4.41. The van der Waals surface area contributed by atoms with Crippen molar-refractivity contribution in [3.63, 3.8) is 0 Å². The van der Waals surface area contributed by atoms with Crippen LogP contribution in [0.25, 0.3) is 0 Å². The fourth-order valence-electron chi connectivity index (χ4n) is 2.68. The molecule has 0 saturated heterocycles. The average molecular weight is 475 g/mol. The van der Waals surface area contributed by atoms with Crippen LogP contribution in [0.2, 0.25) is 0 Å². The third-order valence-electron chi connectivity index (χ3n) is 3.79. The predicted molar refractivity (Wildman–Crippen MR) is 105 cm³/mol. The minimum atomic E-state index is -0.828. The first-order chi connectivity index (χ1) is 12.8. The molecule has 0 fully saturated rings. The highest BCUT2D eigenvalue weighted by Crippen LogP contribution is 2.41. The number of halogens is 1. The largest absolute Gasteiger partial charge is 0.397 e. The molecule has 27 heavy (non-hydrogen) atoms. The number of nitrogen functional groups attached to an aromatic ring is 2. The number of nitro groups is 1. The summed E-state index contributed by atoms with van der Waals surface area (Å²) in [5.74, 6) is 0.211. The predicted octanol–water partition coefficient (Wildman–Crippen LogP) is 1.57. The van der Waals surface area contributed by atoms with E-state index in [1.165, 1.54) is 12.1 Å². The molecule has 1 unspecified atom stereocenters. The minimum absolute atomic E-state index is 0.00688. The lowest BCUT2D eigenvalue weighted by Crippen LogP contribution is -2.32. The van der Waals surface area contributed by atoms with E-state index in [1.54, 1.807) is 12.3 Å². The number of benzene rings is 1. The Hall–Kier alpha value is -3.65. The number of rotatable bonds is 2. The van der Waals surface area contributed by atoms with Crippen LogP contribution in [-0.4, -0.2) is 15.9 Å². The quantitative estimate of drug-likeness (QED) is 0.164. The van der Waals surface area contributed by atoms with Gasteiger partial charge in [0, 0.05) is 21.3 Å². The zero-order chi connectivity index (χ0) is 19.7. The Balaban J connectivity index is 2.28. The summed E-state index contributed by atoms with van der Waals surface area (Å²) in [6, 6.07) is 5.54. The van der Waals surface area contributed by atoms with Gasteiger partial charge in [0.05, 0.1) is 10.6 Å². The Morgan fingerprint density at radius 1 is 1.33 bits per heavy atom. The molecule has 0 aliphatic carbocycles. The monoisotopic (exact) mass is 475 g/mol. The van der Waals surface area contributed by atoms with Gasteiger partial charge in [-0.1, -0.05) is 0 Å². The van der Waals surface area contributed by atoms with Crippen LogP contribution in [0.3, 0.4) is 0 Å². The summed E-state index contributed by atoms with van der Waals surface area (Å²) < 4.78 is 0.615. The highest BCUT2D eigenvalue weighted by molar-refractivity contribution is 14.1. The van der Waals surface area contributed by atoms with Gasteiger partial charge in [-0.15, -0.1) is 0 Å². The van der Waals surface area contributed by atoms with E-state index >= 15 is 0 Å². The van der Waals surface area contributed by atoms with Crippen molar-refractivity contribution >= 4 is 51.6 Å². The molecule has 1 aromatic heterocycles. The van der Waals surface area contributed by atoms with E-state index in [0.29, 0.717) is 14.7 Å². The second-order valence-corrected chi connectivity index (χ2v) is 6.65. The van der Waals surface area contributed by atoms with Gasteiger partial charge in [0.15, 0.2) is 6.19 Å². The summed E-state index contributed by atoms with van der Waals surface area (Å²) in [6.45, 7) is 0. The molecular weight excluding hydrogens is 465 g/mol. The van der Waals surface area contributed by atoms with Crippen LogP contribution in [0.5, 0.6) is 0 Å².